The van der Waals surface area contributed by atoms with E-state index in [-0.39, 0.29) is 16.1 Å². The summed E-state index contributed by atoms with van der Waals surface area (Å²) in [5.74, 6) is 0. The average Bonchev–Trinajstić information content (AvgIpc) is 2.29. The van der Waals surface area contributed by atoms with E-state index in [9.17, 15) is 13.6 Å². The van der Waals surface area contributed by atoms with Gasteiger partial charge in [0.25, 0.3) is 10.0 Å². The van der Waals surface area contributed by atoms with Gasteiger partial charge in [0.1, 0.15) is 0 Å². The number of sulfonamides is 1. The molecular formula is C11H17NO4S. The maximum absolute atomic E-state index is 11.8. The third-order valence-corrected chi connectivity index (χ3v) is 3.61. The molecule has 1 N–H and O–H groups in total. The Morgan fingerprint density at radius 2 is 1.88 bits per heavy atom. The number of hydrogen-bond donors (Lipinski definition) is 1. The summed E-state index contributed by atoms with van der Waals surface area (Å²) in [5.41, 5.74) is 0.945. The first-order chi connectivity index (χ1) is 7.98. The topological polar surface area (TPSA) is 66.8 Å². The molecule has 0 saturated carbocycles. The van der Waals surface area contributed by atoms with Crippen molar-refractivity contribution < 1.29 is 18.5 Å². The van der Waals surface area contributed by atoms with Crippen molar-refractivity contribution >= 4 is 10.0 Å². The van der Waals surface area contributed by atoms with Crippen LogP contribution in [0.15, 0.2) is 29.2 Å². The van der Waals surface area contributed by atoms with Gasteiger partial charge in [-0.2, -0.15) is 0 Å². The molecule has 0 unspecified atom stereocenters. The SMILES string of the molecule is CCCCON(O)S(=O)(=O)c1ccc(C)cc1. The molecule has 1 aromatic carbocycles. The van der Waals surface area contributed by atoms with Crippen LogP contribution in [0.3, 0.4) is 0 Å². The predicted molar refractivity (Wildman–Crippen MR) is 62.9 cm³/mol. The normalized spacial score (nSPS) is 12.0. The van der Waals surface area contributed by atoms with Gasteiger partial charge in [-0.3, -0.25) is 10.0 Å². The maximum atomic E-state index is 11.8. The molecule has 0 bridgehead atoms. The van der Waals surface area contributed by atoms with Crippen LogP contribution in [0.5, 0.6) is 0 Å². The molecule has 1 rings (SSSR count). The Morgan fingerprint density at radius 1 is 1.29 bits per heavy atom. The molecule has 0 radical (unpaired) electrons. The van der Waals surface area contributed by atoms with Gasteiger partial charge in [0.05, 0.1) is 16.1 Å². The van der Waals surface area contributed by atoms with Crippen LogP contribution in [0.1, 0.15) is 25.3 Å². The van der Waals surface area contributed by atoms with Crippen molar-refractivity contribution in [3.05, 3.63) is 29.8 Å². The molecule has 0 saturated heterocycles. The van der Waals surface area contributed by atoms with Crippen molar-refractivity contribution in [3.63, 3.8) is 0 Å². The van der Waals surface area contributed by atoms with E-state index in [1.54, 1.807) is 12.1 Å². The Kier molecular flexibility index (Phi) is 5.07. The van der Waals surface area contributed by atoms with Crippen molar-refractivity contribution in [1.29, 1.82) is 0 Å². The number of nitrogens with zero attached hydrogens (tertiary/aromatic N) is 1. The van der Waals surface area contributed by atoms with E-state index in [1.165, 1.54) is 12.1 Å². The van der Waals surface area contributed by atoms with E-state index in [0.717, 1.165) is 12.0 Å². The minimum absolute atomic E-state index is 0.00194. The number of unbranched alkanes of at least 4 members (excludes halogenated alkanes) is 1. The Hall–Kier alpha value is -0.950. The lowest BCUT2D eigenvalue weighted by Crippen LogP contribution is -2.28. The van der Waals surface area contributed by atoms with Gasteiger partial charge in [-0.1, -0.05) is 31.0 Å². The van der Waals surface area contributed by atoms with Crippen molar-refractivity contribution in [3.8, 4) is 0 Å². The van der Waals surface area contributed by atoms with Gasteiger partial charge in [0.2, 0.25) is 0 Å². The first-order valence-electron chi connectivity index (χ1n) is 5.42. The zero-order chi connectivity index (χ0) is 12.9. The third-order valence-electron chi connectivity index (χ3n) is 2.22. The van der Waals surface area contributed by atoms with Crippen LogP contribution in [0.25, 0.3) is 0 Å². The molecule has 0 spiro atoms. The largest absolute Gasteiger partial charge is 0.288 e. The van der Waals surface area contributed by atoms with Crippen LogP contribution in [0, 0.1) is 6.92 Å². The molecule has 0 aliphatic carbocycles. The molecule has 0 aliphatic heterocycles. The maximum Gasteiger partial charge on any atom is 0.288 e. The standard InChI is InChI=1S/C11H17NO4S/c1-3-4-9-16-12(13)17(14,15)11-7-5-10(2)6-8-11/h5-8,13H,3-4,9H2,1-2H3. The van der Waals surface area contributed by atoms with E-state index in [2.05, 4.69) is 0 Å². The molecule has 0 amide bonds. The molecule has 96 valence electrons. The van der Waals surface area contributed by atoms with Gasteiger partial charge in [-0.25, -0.2) is 8.42 Å². The highest BCUT2D eigenvalue weighted by Gasteiger charge is 2.23. The smallest absolute Gasteiger partial charge is 0.276 e. The van der Waals surface area contributed by atoms with E-state index in [4.69, 9.17) is 4.84 Å². The lowest BCUT2D eigenvalue weighted by atomic mass is 10.2. The van der Waals surface area contributed by atoms with E-state index in [1.807, 2.05) is 13.8 Å². The van der Waals surface area contributed by atoms with E-state index < -0.39 is 10.0 Å². The monoisotopic (exact) mass is 259 g/mol. The third kappa shape index (κ3) is 3.78. The molecule has 6 heteroatoms. The van der Waals surface area contributed by atoms with Crippen LogP contribution < -0.4 is 0 Å². The number of hydrogen-bond acceptors (Lipinski definition) is 4. The summed E-state index contributed by atoms with van der Waals surface area (Å²) in [6, 6.07) is 6.17. The second-order valence-electron chi connectivity index (χ2n) is 3.71. The van der Waals surface area contributed by atoms with Gasteiger partial charge in [0, 0.05) is 0 Å². The first-order valence-corrected chi connectivity index (χ1v) is 6.86. The van der Waals surface area contributed by atoms with E-state index in [0.29, 0.717) is 6.42 Å². The number of benzene rings is 1. The summed E-state index contributed by atoms with van der Waals surface area (Å²) in [6.45, 7) is 3.96. The molecule has 0 atom stereocenters. The van der Waals surface area contributed by atoms with Crippen molar-refractivity contribution in [2.75, 3.05) is 6.61 Å². The fourth-order valence-electron chi connectivity index (χ4n) is 1.16. The molecule has 0 fully saturated rings. The summed E-state index contributed by atoms with van der Waals surface area (Å²) in [6.07, 6.45) is 1.54. The lowest BCUT2D eigenvalue weighted by Gasteiger charge is -2.14. The fraction of sp³-hybridized carbons (Fsp3) is 0.455. The highest BCUT2D eigenvalue weighted by Crippen LogP contribution is 2.15. The Labute approximate surface area is 102 Å². The molecule has 0 aliphatic rings. The highest BCUT2D eigenvalue weighted by molar-refractivity contribution is 7.88. The zero-order valence-corrected chi connectivity index (χ0v) is 10.8. The molecule has 17 heavy (non-hydrogen) atoms. The molecule has 0 heterocycles. The Bertz CT molecular complexity index is 441. The van der Waals surface area contributed by atoms with Crippen molar-refractivity contribution in [2.45, 2.75) is 31.6 Å². The zero-order valence-electron chi connectivity index (χ0n) is 9.96. The second-order valence-corrected chi connectivity index (χ2v) is 5.45. The Morgan fingerprint density at radius 3 is 2.41 bits per heavy atom. The Balaban J connectivity index is 2.76. The van der Waals surface area contributed by atoms with Crippen LogP contribution in [-0.2, 0) is 14.9 Å². The van der Waals surface area contributed by atoms with Crippen LogP contribution in [0.2, 0.25) is 0 Å². The summed E-state index contributed by atoms with van der Waals surface area (Å²) >= 11 is 0. The van der Waals surface area contributed by atoms with Crippen molar-refractivity contribution in [1.82, 2.24) is 4.63 Å². The summed E-state index contributed by atoms with van der Waals surface area (Å²) in [7, 11) is -3.97. The van der Waals surface area contributed by atoms with Crippen LogP contribution in [0.4, 0.5) is 0 Å². The number of aryl methyl sites for hydroxylation is 1. The summed E-state index contributed by atoms with van der Waals surface area (Å²) < 4.78 is 23.5. The van der Waals surface area contributed by atoms with Gasteiger partial charge < -0.3 is 0 Å². The number of rotatable bonds is 6. The average molecular weight is 259 g/mol. The van der Waals surface area contributed by atoms with Crippen LogP contribution >= 0.6 is 0 Å². The minimum Gasteiger partial charge on any atom is -0.276 e. The quantitative estimate of drug-likeness (QED) is 0.627. The summed E-state index contributed by atoms with van der Waals surface area (Å²) in [5, 5.41) is 9.35. The van der Waals surface area contributed by atoms with Gasteiger partial charge in [-0.15, -0.1) is 0 Å². The second kappa shape index (κ2) is 6.11. The molecular weight excluding hydrogens is 242 g/mol. The van der Waals surface area contributed by atoms with Crippen molar-refractivity contribution in [2.24, 2.45) is 0 Å². The lowest BCUT2D eigenvalue weighted by molar-refractivity contribution is -0.268. The van der Waals surface area contributed by atoms with Gasteiger partial charge >= 0.3 is 0 Å². The van der Waals surface area contributed by atoms with Gasteiger partial charge in [0.15, 0.2) is 0 Å². The summed E-state index contributed by atoms with van der Waals surface area (Å²) in [4.78, 5) is 4.73. The first kappa shape index (κ1) is 14.1. The molecule has 1 aromatic rings. The highest BCUT2D eigenvalue weighted by atomic mass is 32.2. The fourth-order valence-corrected chi connectivity index (χ4v) is 2.03. The minimum atomic E-state index is -3.97. The predicted octanol–water partition coefficient (Wildman–Crippen LogP) is 2.11. The van der Waals surface area contributed by atoms with Crippen LogP contribution in [-0.4, -0.2) is 24.9 Å². The molecule has 0 aromatic heterocycles. The van der Waals surface area contributed by atoms with E-state index >= 15 is 0 Å². The molecule has 5 nitrogen and oxygen atoms in total. The van der Waals surface area contributed by atoms with Gasteiger partial charge in [-0.05, 0) is 25.5 Å².